The van der Waals surface area contributed by atoms with Crippen molar-refractivity contribution in [2.75, 3.05) is 32.9 Å². The van der Waals surface area contributed by atoms with Gasteiger partial charge < -0.3 is 14.9 Å². The molecule has 3 N–H and O–H groups in total. The quantitative estimate of drug-likeness (QED) is 0.746. The molecule has 0 aliphatic carbocycles. The molecule has 0 saturated carbocycles. The molecule has 0 bridgehead atoms. The lowest BCUT2D eigenvalue weighted by Crippen LogP contribution is -2.59. The Kier molecular flexibility index (Phi) is 4.28. The van der Waals surface area contributed by atoms with E-state index in [0.717, 1.165) is 32.5 Å². The van der Waals surface area contributed by atoms with Crippen molar-refractivity contribution in [3.05, 3.63) is 35.9 Å². The van der Waals surface area contributed by atoms with Crippen LogP contribution in [-0.4, -0.2) is 59.3 Å². The predicted molar refractivity (Wildman–Crippen MR) is 79.7 cm³/mol. The van der Waals surface area contributed by atoms with Crippen LogP contribution in [0.3, 0.4) is 0 Å². The van der Waals surface area contributed by atoms with Gasteiger partial charge in [-0.05, 0) is 5.56 Å². The fraction of sp³-hybridized carbons (Fsp3) is 0.625. The Bertz CT molecular complexity index is 454. The van der Waals surface area contributed by atoms with Crippen LogP contribution in [0.15, 0.2) is 30.3 Å². The van der Waals surface area contributed by atoms with Crippen LogP contribution >= 0.6 is 0 Å². The zero-order valence-electron chi connectivity index (χ0n) is 12.3. The molecule has 1 aromatic rings. The van der Waals surface area contributed by atoms with Crippen molar-refractivity contribution in [2.24, 2.45) is 0 Å². The van der Waals surface area contributed by atoms with Gasteiger partial charge in [-0.15, -0.1) is 0 Å². The zero-order valence-corrected chi connectivity index (χ0v) is 12.3. The molecule has 5 nitrogen and oxygen atoms in total. The van der Waals surface area contributed by atoms with Crippen LogP contribution in [-0.2, 0) is 11.3 Å². The molecule has 2 saturated heterocycles. The molecular formula is C16H24N2O3. The Morgan fingerprint density at radius 3 is 2.33 bits per heavy atom. The highest BCUT2D eigenvalue weighted by Gasteiger charge is 2.49. The first kappa shape index (κ1) is 14.9. The Hall–Kier alpha value is -0.980. The molecule has 2 heterocycles. The van der Waals surface area contributed by atoms with E-state index in [1.54, 1.807) is 0 Å². The van der Waals surface area contributed by atoms with Crippen molar-refractivity contribution in [2.45, 2.75) is 30.7 Å². The summed E-state index contributed by atoms with van der Waals surface area (Å²) in [5, 5.41) is 22.3. The number of hydrogen-bond donors (Lipinski definition) is 3. The van der Waals surface area contributed by atoms with Crippen molar-refractivity contribution in [1.82, 2.24) is 10.2 Å². The third-order valence-electron chi connectivity index (χ3n) is 4.64. The van der Waals surface area contributed by atoms with E-state index in [-0.39, 0.29) is 18.9 Å². The van der Waals surface area contributed by atoms with E-state index in [1.807, 2.05) is 6.07 Å². The van der Waals surface area contributed by atoms with Crippen LogP contribution in [0.5, 0.6) is 0 Å². The maximum absolute atomic E-state index is 9.46. The number of piperidine rings is 1. The first-order chi connectivity index (χ1) is 10.2. The van der Waals surface area contributed by atoms with Gasteiger partial charge in [0.05, 0.1) is 25.4 Å². The van der Waals surface area contributed by atoms with Crippen LogP contribution in [0, 0.1) is 0 Å². The summed E-state index contributed by atoms with van der Waals surface area (Å²) in [6.07, 6.45) is 1.75. The standard InChI is InChI=1S/C16H24N2O3/c19-11-15(12-20)13-21-16(17-15)6-8-18(9-7-16)10-14-4-2-1-3-5-14/h1-5,17,19-20H,6-13H2. The molecule has 1 aromatic carbocycles. The molecule has 1 spiro atoms. The van der Waals surface area contributed by atoms with Gasteiger partial charge in [-0.3, -0.25) is 10.2 Å². The van der Waals surface area contributed by atoms with E-state index < -0.39 is 5.54 Å². The Balaban J connectivity index is 1.56. The number of nitrogens with zero attached hydrogens (tertiary/aromatic N) is 1. The van der Waals surface area contributed by atoms with Gasteiger partial charge in [0.25, 0.3) is 0 Å². The van der Waals surface area contributed by atoms with Crippen LogP contribution in [0.4, 0.5) is 0 Å². The second-order valence-electron chi connectivity index (χ2n) is 6.27. The van der Waals surface area contributed by atoms with E-state index >= 15 is 0 Å². The smallest absolute Gasteiger partial charge is 0.122 e. The number of likely N-dealkylation sites (tertiary alicyclic amines) is 1. The van der Waals surface area contributed by atoms with Crippen LogP contribution < -0.4 is 5.32 Å². The largest absolute Gasteiger partial charge is 0.394 e. The van der Waals surface area contributed by atoms with Crippen molar-refractivity contribution in [3.63, 3.8) is 0 Å². The van der Waals surface area contributed by atoms with E-state index in [2.05, 4.69) is 34.5 Å². The van der Waals surface area contributed by atoms with Gasteiger partial charge in [-0.2, -0.15) is 0 Å². The average Bonchev–Trinajstić information content (AvgIpc) is 2.91. The topological polar surface area (TPSA) is 65.0 Å². The number of rotatable bonds is 4. The molecule has 116 valence electrons. The third-order valence-corrected chi connectivity index (χ3v) is 4.64. The minimum Gasteiger partial charge on any atom is -0.394 e. The monoisotopic (exact) mass is 292 g/mol. The van der Waals surface area contributed by atoms with E-state index in [0.29, 0.717) is 6.61 Å². The van der Waals surface area contributed by atoms with Crippen LogP contribution in [0.1, 0.15) is 18.4 Å². The molecule has 0 aromatic heterocycles. The second kappa shape index (κ2) is 6.02. The summed E-state index contributed by atoms with van der Waals surface area (Å²) < 4.78 is 5.92. The second-order valence-corrected chi connectivity index (χ2v) is 6.27. The van der Waals surface area contributed by atoms with Gasteiger partial charge in [-0.25, -0.2) is 0 Å². The van der Waals surface area contributed by atoms with Crippen molar-refractivity contribution >= 4 is 0 Å². The molecule has 21 heavy (non-hydrogen) atoms. The minimum absolute atomic E-state index is 0.0982. The number of ether oxygens (including phenoxy) is 1. The molecule has 0 radical (unpaired) electrons. The lowest BCUT2D eigenvalue weighted by Gasteiger charge is -2.40. The number of benzene rings is 1. The molecule has 2 aliphatic heterocycles. The van der Waals surface area contributed by atoms with Crippen LogP contribution in [0.25, 0.3) is 0 Å². The number of aliphatic hydroxyl groups is 2. The molecular weight excluding hydrogens is 268 g/mol. The van der Waals surface area contributed by atoms with Crippen molar-refractivity contribution in [1.29, 1.82) is 0 Å². The molecule has 0 atom stereocenters. The summed E-state index contributed by atoms with van der Waals surface area (Å²) in [7, 11) is 0. The van der Waals surface area contributed by atoms with Crippen molar-refractivity contribution in [3.8, 4) is 0 Å². The third kappa shape index (κ3) is 3.12. The molecule has 2 aliphatic rings. The number of nitrogens with one attached hydrogen (secondary N) is 1. The lowest BCUT2D eigenvalue weighted by atomic mass is 9.97. The van der Waals surface area contributed by atoms with E-state index in [1.165, 1.54) is 5.56 Å². The molecule has 3 rings (SSSR count). The van der Waals surface area contributed by atoms with E-state index in [9.17, 15) is 10.2 Å². The fourth-order valence-corrected chi connectivity index (χ4v) is 3.24. The SMILES string of the molecule is OCC1(CO)COC2(CCN(Cc3ccccc3)CC2)N1. The minimum atomic E-state index is -0.679. The van der Waals surface area contributed by atoms with Gasteiger partial charge in [0.1, 0.15) is 5.72 Å². The Morgan fingerprint density at radius 2 is 1.76 bits per heavy atom. The molecule has 2 fully saturated rings. The molecule has 0 unspecified atom stereocenters. The number of aliphatic hydroxyl groups excluding tert-OH is 2. The number of hydrogen-bond acceptors (Lipinski definition) is 5. The lowest BCUT2D eigenvalue weighted by molar-refractivity contribution is -0.0577. The highest BCUT2D eigenvalue weighted by Crippen LogP contribution is 2.32. The maximum atomic E-state index is 9.46. The fourth-order valence-electron chi connectivity index (χ4n) is 3.24. The van der Waals surface area contributed by atoms with Gasteiger partial charge in [-0.1, -0.05) is 30.3 Å². The molecule has 5 heteroatoms. The zero-order chi connectivity index (χ0) is 14.8. The average molecular weight is 292 g/mol. The summed E-state index contributed by atoms with van der Waals surface area (Å²) in [4.78, 5) is 2.42. The summed E-state index contributed by atoms with van der Waals surface area (Å²) in [5.41, 5.74) is 0.272. The Labute approximate surface area is 125 Å². The van der Waals surface area contributed by atoms with Gasteiger partial charge >= 0.3 is 0 Å². The normalized spacial score (nSPS) is 24.5. The highest BCUT2D eigenvalue weighted by atomic mass is 16.5. The van der Waals surface area contributed by atoms with E-state index in [4.69, 9.17) is 4.74 Å². The Morgan fingerprint density at radius 1 is 1.10 bits per heavy atom. The maximum Gasteiger partial charge on any atom is 0.122 e. The summed E-state index contributed by atoms with van der Waals surface area (Å²) >= 11 is 0. The van der Waals surface area contributed by atoms with Gasteiger partial charge in [0, 0.05) is 32.5 Å². The molecule has 0 amide bonds. The highest BCUT2D eigenvalue weighted by molar-refractivity contribution is 5.14. The first-order valence-electron chi connectivity index (χ1n) is 7.61. The van der Waals surface area contributed by atoms with Gasteiger partial charge in [0.2, 0.25) is 0 Å². The summed E-state index contributed by atoms with van der Waals surface area (Å²) in [6.45, 7) is 3.04. The first-order valence-corrected chi connectivity index (χ1v) is 7.61. The van der Waals surface area contributed by atoms with Crippen molar-refractivity contribution < 1.29 is 14.9 Å². The summed E-state index contributed by atoms with van der Waals surface area (Å²) in [5.74, 6) is 0. The van der Waals surface area contributed by atoms with Crippen LogP contribution in [0.2, 0.25) is 0 Å². The van der Waals surface area contributed by atoms with Gasteiger partial charge in [0.15, 0.2) is 0 Å². The predicted octanol–water partition coefficient (Wildman–Crippen LogP) is 0.322. The summed E-state index contributed by atoms with van der Waals surface area (Å²) in [6, 6.07) is 10.5.